The van der Waals surface area contributed by atoms with Crippen molar-refractivity contribution in [3.63, 3.8) is 0 Å². The van der Waals surface area contributed by atoms with E-state index in [1.165, 1.54) is 101 Å². The molecule has 152 valence electrons. The first-order valence-corrected chi connectivity index (χ1v) is 11.6. The van der Waals surface area contributed by atoms with Gasteiger partial charge in [-0.15, -0.1) is 0 Å². The Bertz CT molecular complexity index is 472. The van der Waals surface area contributed by atoms with Crippen LogP contribution in [0.4, 0.5) is 5.69 Å². The van der Waals surface area contributed by atoms with Crippen molar-refractivity contribution >= 4 is 5.69 Å². The van der Waals surface area contributed by atoms with Gasteiger partial charge in [0.05, 0.1) is 6.07 Å². The summed E-state index contributed by atoms with van der Waals surface area (Å²) in [6.45, 7) is 3.35. The van der Waals surface area contributed by atoms with Crippen LogP contribution in [0.15, 0.2) is 24.3 Å². The van der Waals surface area contributed by atoms with E-state index in [4.69, 9.17) is 5.26 Å². The number of nitriles is 1. The summed E-state index contributed by atoms with van der Waals surface area (Å²) in [6.07, 6.45) is 21.2. The molecule has 0 saturated heterocycles. The van der Waals surface area contributed by atoms with Crippen molar-refractivity contribution in [2.45, 2.75) is 110 Å². The second kappa shape index (κ2) is 17.9. The maximum atomic E-state index is 8.62. The van der Waals surface area contributed by atoms with E-state index in [1.807, 2.05) is 0 Å². The number of nitrogens with zero attached hydrogens (tertiary/aromatic N) is 1. The molecule has 0 aliphatic heterocycles. The zero-order valence-corrected chi connectivity index (χ0v) is 17.8. The Morgan fingerprint density at radius 3 is 1.67 bits per heavy atom. The first-order chi connectivity index (χ1) is 13.4. The highest BCUT2D eigenvalue weighted by Gasteiger charge is 1.96. The molecule has 1 aromatic rings. The first-order valence-electron chi connectivity index (χ1n) is 11.6. The normalized spacial score (nSPS) is 10.7. The van der Waals surface area contributed by atoms with Gasteiger partial charge in [-0.3, -0.25) is 0 Å². The van der Waals surface area contributed by atoms with Crippen LogP contribution < -0.4 is 5.32 Å². The van der Waals surface area contributed by atoms with Gasteiger partial charge in [-0.2, -0.15) is 5.26 Å². The van der Waals surface area contributed by atoms with Gasteiger partial charge in [-0.05, 0) is 30.5 Å². The molecule has 0 aliphatic rings. The number of aryl methyl sites for hydroxylation is 1. The Hall–Kier alpha value is -1.49. The monoisotopic (exact) mass is 370 g/mol. The van der Waals surface area contributed by atoms with E-state index in [9.17, 15) is 0 Å². The van der Waals surface area contributed by atoms with Crippen LogP contribution in [0.2, 0.25) is 0 Å². The van der Waals surface area contributed by atoms with Gasteiger partial charge in [-0.1, -0.05) is 103 Å². The van der Waals surface area contributed by atoms with Gasteiger partial charge in [0, 0.05) is 18.7 Å². The minimum Gasteiger partial charge on any atom is -0.385 e. The smallest absolute Gasteiger partial charge is 0.0625 e. The predicted molar refractivity (Wildman–Crippen MR) is 119 cm³/mol. The summed E-state index contributed by atoms with van der Waals surface area (Å²) >= 11 is 0. The van der Waals surface area contributed by atoms with Crippen molar-refractivity contribution in [2.24, 2.45) is 0 Å². The molecule has 0 radical (unpaired) electrons. The quantitative estimate of drug-likeness (QED) is 0.265. The first kappa shape index (κ1) is 23.5. The minimum absolute atomic E-state index is 0.603. The molecule has 0 saturated carbocycles. The lowest BCUT2D eigenvalue weighted by atomic mass is 10.0. The number of benzene rings is 1. The molecular formula is C25H42N2. The average molecular weight is 371 g/mol. The minimum atomic E-state index is 0.603. The molecule has 0 aliphatic carbocycles. The van der Waals surface area contributed by atoms with E-state index in [0.29, 0.717) is 6.42 Å². The summed E-state index contributed by atoms with van der Waals surface area (Å²) in [5.41, 5.74) is 2.45. The summed E-state index contributed by atoms with van der Waals surface area (Å²) in [7, 11) is 0. The molecule has 0 amide bonds. The fourth-order valence-electron chi connectivity index (χ4n) is 3.54. The summed E-state index contributed by atoms with van der Waals surface area (Å²) in [5.74, 6) is 0. The van der Waals surface area contributed by atoms with E-state index in [-0.39, 0.29) is 0 Å². The molecule has 0 unspecified atom stereocenters. The molecule has 1 rings (SSSR count). The van der Waals surface area contributed by atoms with Gasteiger partial charge >= 0.3 is 0 Å². The Balaban J connectivity index is 1.83. The van der Waals surface area contributed by atoms with Crippen LogP contribution >= 0.6 is 0 Å². The number of anilines is 1. The molecule has 2 heteroatoms. The maximum Gasteiger partial charge on any atom is 0.0625 e. The predicted octanol–water partition coefficient (Wildman–Crippen LogP) is 8.04. The summed E-state index contributed by atoms with van der Waals surface area (Å²) < 4.78 is 0. The molecule has 0 bridgehead atoms. The number of hydrogen-bond acceptors (Lipinski definition) is 2. The zero-order chi connectivity index (χ0) is 19.4. The molecule has 0 heterocycles. The number of nitrogens with one attached hydrogen (secondary N) is 1. The average Bonchev–Trinajstić information content (AvgIpc) is 2.70. The summed E-state index contributed by atoms with van der Waals surface area (Å²) in [4.78, 5) is 0. The van der Waals surface area contributed by atoms with E-state index < -0.39 is 0 Å². The van der Waals surface area contributed by atoms with E-state index in [2.05, 4.69) is 42.6 Å². The summed E-state index contributed by atoms with van der Waals surface area (Å²) in [5, 5.41) is 12.1. The van der Waals surface area contributed by atoms with Gasteiger partial charge < -0.3 is 5.32 Å². The van der Waals surface area contributed by atoms with E-state index >= 15 is 0 Å². The SMILES string of the molecule is CCCCCCCCCCCCCCCCNc1ccc(CCC#N)cc1. The number of rotatable bonds is 18. The van der Waals surface area contributed by atoms with Crippen molar-refractivity contribution in [3.05, 3.63) is 29.8 Å². The Morgan fingerprint density at radius 1 is 0.704 bits per heavy atom. The highest BCUT2D eigenvalue weighted by atomic mass is 14.9. The van der Waals surface area contributed by atoms with Gasteiger partial charge in [0.25, 0.3) is 0 Å². The summed E-state index contributed by atoms with van der Waals surface area (Å²) in [6, 6.07) is 10.7. The fourth-order valence-corrected chi connectivity index (χ4v) is 3.54. The Kier molecular flexibility index (Phi) is 15.6. The van der Waals surface area contributed by atoms with Crippen LogP contribution in [0.25, 0.3) is 0 Å². The molecule has 27 heavy (non-hydrogen) atoms. The van der Waals surface area contributed by atoms with Crippen LogP contribution in [0.1, 0.15) is 109 Å². The molecule has 1 N–H and O–H groups in total. The van der Waals surface area contributed by atoms with Crippen molar-refractivity contribution in [3.8, 4) is 6.07 Å². The highest BCUT2D eigenvalue weighted by Crippen LogP contribution is 2.14. The van der Waals surface area contributed by atoms with Crippen molar-refractivity contribution < 1.29 is 0 Å². The van der Waals surface area contributed by atoms with E-state index in [1.54, 1.807) is 0 Å². The van der Waals surface area contributed by atoms with Gasteiger partial charge in [0.15, 0.2) is 0 Å². The molecule has 0 atom stereocenters. The highest BCUT2D eigenvalue weighted by molar-refractivity contribution is 5.44. The van der Waals surface area contributed by atoms with Crippen LogP contribution in [0.3, 0.4) is 0 Å². The van der Waals surface area contributed by atoms with Gasteiger partial charge in [0.2, 0.25) is 0 Å². The Morgan fingerprint density at radius 2 is 1.19 bits per heavy atom. The lowest BCUT2D eigenvalue weighted by Crippen LogP contribution is -2.01. The molecule has 0 fully saturated rings. The second-order valence-electron chi connectivity index (χ2n) is 7.88. The van der Waals surface area contributed by atoms with Crippen LogP contribution in [0.5, 0.6) is 0 Å². The molecule has 2 nitrogen and oxygen atoms in total. The lowest BCUT2D eigenvalue weighted by molar-refractivity contribution is 0.537. The van der Waals surface area contributed by atoms with Crippen LogP contribution in [-0.2, 0) is 6.42 Å². The van der Waals surface area contributed by atoms with Gasteiger partial charge in [-0.25, -0.2) is 0 Å². The Labute approximate surface area is 168 Å². The largest absolute Gasteiger partial charge is 0.385 e. The third-order valence-electron chi connectivity index (χ3n) is 5.34. The van der Waals surface area contributed by atoms with Crippen molar-refractivity contribution in [1.82, 2.24) is 0 Å². The molecule has 1 aromatic carbocycles. The second-order valence-corrected chi connectivity index (χ2v) is 7.88. The van der Waals surface area contributed by atoms with Crippen LogP contribution in [-0.4, -0.2) is 6.54 Å². The molecular weight excluding hydrogens is 328 g/mol. The van der Waals surface area contributed by atoms with Crippen molar-refractivity contribution in [2.75, 3.05) is 11.9 Å². The standard InChI is InChI=1S/C25H42N2/c1-2-3-4-5-6-7-8-9-10-11-12-13-14-15-23-27-25-20-18-24(19-21-25)17-16-22-26/h18-21,27H,2-17,23H2,1H3. The molecule has 0 spiro atoms. The third kappa shape index (κ3) is 14.3. The third-order valence-corrected chi connectivity index (χ3v) is 5.34. The number of hydrogen-bond donors (Lipinski definition) is 1. The van der Waals surface area contributed by atoms with E-state index in [0.717, 1.165) is 13.0 Å². The lowest BCUT2D eigenvalue weighted by Gasteiger charge is -2.07. The molecule has 0 aromatic heterocycles. The van der Waals surface area contributed by atoms with Gasteiger partial charge in [0.1, 0.15) is 0 Å². The van der Waals surface area contributed by atoms with Crippen LogP contribution in [0, 0.1) is 11.3 Å². The fraction of sp³-hybridized carbons (Fsp3) is 0.720. The zero-order valence-electron chi connectivity index (χ0n) is 17.8. The maximum absolute atomic E-state index is 8.62. The van der Waals surface area contributed by atoms with Crippen molar-refractivity contribution in [1.29, 1.82) is 5.26 Å². The topological polar surface area (TPSA) is 35.8 Å². The number of unbranched alkanes of at least 4 members (excludes halogenated alkanes) is 13.